The zero-order valence-electron chi connectivity index (χ0n) is 9.33. The molecule has 1 aromatic heterocycles. The van der Waals surface area contributed by atoms with E-state index in [1.54, 1.807) is 0 Å². The number of rotatable bonds is 3. The Morgan fingerprint density at radius 2 is 1.93 bits per heavy atom. The minimum absolute atomic E-state index is 0.572. The number of aromatic nitrogens is 1. The molecule has 1 aromatic rings. The molecule has 1 heterocycles. The highest BCUT2D eigenvalue weighted by Gasteiger charge is 2.23. The summed E-state index contributed by atoms with van der Waals surface area (Å²) in [6.45, 7) is 6.76. The summed E-state index contributed by atoms with van der Waals surface area (Å²) < 4.78 is 0. The van der Waals surface area contributed by atoms with Crippen molar-refractivity contribution in [3.05, 3.63) is 29.6 Å². The van der Waals surface area contributed by atoms with E-state index in [1.165, 1.54) is 24.1 Å². The van der Waals surface area contributed by atoms with Gasteiger partial charge in [0.25, 0.3) is 0 Å². The van der Waals surface area contributed by atoms with E-state index in [-0.39, 0.29) is 0 Å². The van der Waals surface area contributed by atoms with Crippen LogP contribution in [0.4, 0.5) is 0 Å². The van der Waals surface area contributed by atoms with Gasteiger partial charge in [-0.1, -0.05) is 26.8 Å². The molecule has 0 N–H and O–H groups in total. The van der Waals surface area contributed by atoms with Gasteiger partial charge < -0.3 is 0 Å². The van der Waals surface area contributed by atoms with E-state index in [2.05, 4.69) is 44.1 Å². The molecule has 1 nitrogen and oxygen atoms in total. The fraction of sp³-hybridized carbons (Fsp3) is 0.615. The molecule has 0 saturated heterocycles. The summed E-state index contributed by atoms with van der Waals surface area (Å²) >= 11 is 0. The molecule has 1 fully saturated rings. The van der Waals surface area contributed by atoms with Crippen molar-refractivity contribution < 1.29 is 0 Å². The minimum Gasteiger partial charge on any atom is -0.261 e. The molecule has 0 aromatic carbocycles. The Kier molecular flexibility index (Phi) is 2.58. The van der Waals surface area contributed by atoms with Crippen molar-refractivity contribution in [3.63, 3.8) is 0 Å². The largest absolute Gasteiger partial charge is 0.261 e. The standard InChI is InChI=1S/C13H19N/c1-9(2)10(3)13-7-6-12(8-14-13)11-4-5-11/h6-11H,4-5H2,1-3H3. The van der Waals surface area contributed by atoms with Crippen LogP contribution in [0.25, 0.3) is 0 Å². The highest BCUT2D eigenvalue weighted by molar-refractivity contribution is 5.23. The molecule has 76 valence electrons. The molecule has 1 saturated carbocycles. The van der Waals surface area contributed by atoms with Crippen molar-refractivity contribution >= 4 is 0 Å². The quantitative estimate of drug-likeness (QED) is 0.706. The van der Waals surface area contributed by atoms with Gasteiger partial charge in [0.15, 0.2) is 0 Å². The molecule has 0 radical (unpaired) electrons. The summed E-state index contributed by atoms with van der Waals surface area (Å²) in [5.41, 5.74) is 2.68. The molecule has 0 aliphatic heterocycles. The first-order valence-electron chi connectivity index (χ1n) is 5.64. The van der Waals surface area contributed by atoms with E-state index in [9.17, 15) is 0 Å². The molecule has 1 unspecified atom stereocenters. The lowest BCUT2D eigenvalue weighted by molar-refractivity contribution is 0.523. The predicted molar refractivity (Wildman–Crippen MR) is 59.5 cm³/mol. The summed E-state index contributed by atoms with van der Waals surface area (Å²) in [5, 5.41) is 0. The van der Waals surface area contributed by atoms with Crippen LogP contribution < -0.4 is 0 Å². The van der Waals surface area contributed by atoms with Crippen LogP contribution in [0.3, 0.4) is 0 Å². The number of nitrogens with zero attached hydrogens (tertiary/aromatic N) is 1. The maximum atomic E-state index is 4.56. The summed E-state index contributed by atoms with van der Waals surface area (Å²) in [6, 6.07) is 4.47. The Hall–Kier alpha value is -0.850. The predicted octanol–water partition coefficient (Wildman–Crippen LogP) is 3.72. The Morgan fingerprint density at radius 1 is 1.21 bits per heavy atom. The van der Waals surface area contributed by atoms with Crippen molar-refractivity contribution in [2.45, 2.75) is 45.4 Å². The monoisotopic (exact) mass is 189 g/mol. The molecule has 1 atom stereocenters. The van der Waals surface area contributed by atoms with Gasteiger partial charge >= 0.3 is 0 Å². The van der Waals surface area contributed by atoms with Gasteiger partial charge in [-0.3, -0.25) is 4.98 Å². The van der Waals surface area contributed by atoms with E-state index < -0.39 is 0 Å². The van der Waals surface area contributed by atoms with Crippen LogP contribution in [-0.2, 0) is 0 Å². The van der Waals surface area contributed by atoms with Gasteiger partial charge in [-0.25, -0.2) is 0 Å². The molecule has 0 spiro atoms. The Balaban J connectivity index is 2.12. The van der Waals surface area contributed by atoms with Crippen molar-refractivity contribution in [3.8, 4) is 0 Å². The molecule has 0 amide bonds. The van der Waals surface area contributed by atoms with Crippen LogP contribution in [0, 0.1) is 5.92 Å². The first-order valence-corrected chi connectivity index (χ1v) is 5.64. The molecule has 2 rings (SSSR count). The topological polar surface area (TPSA) is 12.9 Å². The number of hydrogen-bond acceptors (Lipinski definition) is 1. The van der Waals surface area contributed by atoms with Crippen LogP contribution in [0.2, 0.25) is 0 Å². The van der Waals surface area contributed by atoms with Crippen LogP contribution in [0.5, 0.6) is 0 Å². The first kappa shape index (κ1) is 9.70. The second-order valence-corrected chi connectivity index (χ2v) is 4.82. The molecular weight excluding hydrogens is 170 g/mol. The summed E-state index contributed by atoms with van der Waals surface area (Å²) in [6.07, 6.45) is 4.80. The Labute approximate surface area is 86.6 Å². The zero-order chi connectivity index (χ0) is 10.1. The Morgan fingerprint density at radius 3 is 2.36 bits per heavy atom. The van der Waals surface area contributed by atoms with Gasteiger partial charge in [0.2, 0.25) is 0 Å². The number of pyridine rings is 1. The molecular formula is C13H19N. The third-order valence-corrected chi connectivity index (χ3v) is 3.32. The normalized spacial score (nSPS) is 18.6. The summed E-state index contributed by atoms with van der Waals surface area (Å²) in [4.78, 5) is 4.56. The average Bonchev–Trinajstić information content (AvgIpc) is 3.00. The highest BCUT2D eigenvalue weighted by Crippen LogP contribution is 2.39. The van der Waals surface area contributed by atoms with Crippen LogP contribution in [0.15, 0.2) is 18.3 Å². The van der Waals surface area contributed by atoms with Gasteiger partial charge in [0, 0.05) is 17.8 Å². The maximum absolute atomic E-state index is 4.56. The molecule has 1 aliphatic carbocycles. The summed E-state index contributed by atoms with van der Waals surface area (Å²) in [7, 11) is 0. The Bertz CT molecular complexity index is 296. The lowest BCUT2D eigenvalue weighted by atomic mass is 9.94. The molecule has 1 aliphatic rings. The lowest BCUT2D eigenvalue weighted by Gasteiger charge is -2.14. The fourth-order valence-corrected chi connectivity index (χ4v) is 1.69. The fourth-order valence-electron chi connectivity index (χ4n) is 1.69. The van der Waals surface area contributed by atoms with Crippen LogP contribution >= 0.6 is 0 Å². The first-order chi connectivity index (χ1) is 6.68. The minimum atomic E-state index is 0.572. The molecule has 1 heteroatoms. The van der Waals surface area contributed by atoms with Gasteiger partial charge in [-0.05, 0) is 36.3 Å². The SMILES string of the molecule is CC(C)C(C)c1ccc(C2CC2)cn1. The molecule has 14 heavy (non-hydrogen) atoms. The van der Waals surface area contributed by atoms with E-state index in [0.29, 0.717) is 11.8 Å². The van der Waals surface area contributed by atoms with E-state index in [4.69, 9.17) is 0 Å². The smallest absolute Gasteiger partial charge is 0.0434 e. The number of hydrogen-bond donors (Lipinski definition) is 0. The van der Waals surface area contributed by atoms with Gasteiger partial charge in [0.05, 0.1) is 0 Å². The van der Waals surface area contributed by atoms with Gasteiger partial charge in [-0.2, -0.15) is 0 Å². The van der Waals surface area contributed by atoms with E-state index >= 15 is 0 Å². The van der Waals surface area contributed by atoms with Crippen molar-refractivity contribution in [1.82, 2.24) is 4.98 Å². The second kappa shape index (κ2) is 3.72. The summed E-state index contributed by atoms with van der Waals surface area (Å²) in [5.74, 6) is 2.07. The van der Waals surface area contributed by atoms with Crippen molar-refractivity contribution in [1.29, 1.82) is 0 Å². The van der Waals surface area contributed by atoms with Crippen molar-refractivity contribution in [2.75, 3.05) is 0 Å². The van der Waals surface area contributed by atoms with Gasteiger partial charge in [0.1, 0.15) is 0 Å². The van der Waals surface area contributed by atoms with Crippen LogP contribution in [-0.4, -0.2) is 4.98 Å². The maximum Gasteiger partial charge on any atom is 0.0434 e. The molecule has 0 bridgehead atoms. The zero-order valence-corrected chi connectivity index (χ0v) is 9.33. The van der Waals surface area contributed by atoms with Gasteiger partial charge in [-0.15, -0.1) is 0 Å². The van der Waals surface area contributed by atoms with E-state index in [0.717, 1.165) is 5.92 Å². The highest BCUT2D eigenvalue weighted by atomic mass is 14.7. The third kappa shape index (κ3) is 1.97. The van der Waals surface area contributed by atoms with E-state index in [1.807, 2.05) is 0 Å². The lowest BCUT2D eigenvalue weighted by Crippen LogP contribution is -2.04. The van der Waals surface area contributed by atoms with Crippen molar-refractivity contribution in [2.24, 2.45) is 5.92 Å². The van der Waals surface area contributed by atoms with Crippen LogP contribution in [0.1, 0.15) is 56.7 Å². The third-order valence-electron chi connectivity index (χ3n) is 3.32. The average molecular weight is 189 g/mol. The second-order valence-electron chi connectivity index (χ2n) is 4.82.